The quantitative estimate of drug-likeness (QED) is 0.0936. The summed E-state index contributed by atoms with van der Waals surface area (Å²) in [5.74, 6) is 1.86. The Morgan fingerprint density at radius 1 is 0.676 bits per heavy atom. The van der Waals surface area contributed by atoms with Crippen LogP contribution in [0.5, 0.6) is 5.88 Å². The van der Waals surface area contributed by atoms with E-state index >= 15 is 0 Å². The molecule has 2 aromatic rings. The molecule has 0 radical (unpaired) electrons. The Morgan fingerprint density at radius 2 is 1.21 bits per heavy atom. The molecule has 0 spiro atoms. The Bertz CT molecular complexity index is 764. The maximum atomic E-state index is 6.11. The molecule has 0 aliphatic carbocycles. The molecule has 0 N–H and O–H groups in total. The minimum atomic E-state index is 0.732. The second-order valence-corrected chi connectivity index (χ2v) is 10.7. The molecule has 2 heterocycles. The molecule has 0 aliphatic heterocycles. The lowest BCUT2D eigenvalue weighted by Gasteiger charge is -2.06. The van der Waals surface area contributed by atoms with Crippen molar-refractivity contribution in [2.45, 2.75) is 134 Å². The van der Waals surface area contributed by atoms with Gasteiger partial charge in [0.2, 0.25) is 5.88 Å². The van der Waals surface area contributed by atoms with Gasteiger partial charge in [-0.05, 0) is 18.6 Å². The SMILES string of the molecule is CCCCCCCCCCCCCCCCOc1c2ncnc(SCCCCCC)c2nn1C. The Kier molecular flexibility index (Phi) is 16.1. The van der Waals surface area contributed by atoms with Crippen LogP contribution in [0.25, 0.3) is 11.0 Å². The molecule has 6 heteroatoms. The van der Waals surface area contributed by atoms with E-state index in [4.69, 9.17) is 4.74 Å². The number of rotatable bonds is 22. The number of hydrogen-bond donors (Lipinski definition) is 0. The zero-order chi connectivity index (χ0) is 24.3. The fourth-order valence-corrected chi connectivity index (χ4v) is 5.33. The molecule has 0 amide bonds. The highest BCUT2D eigenvalue weighted by Crippen LogP contribution is 2.30. The zero-order valence-electron chi connectivity index (χ0n) is 22.3. The molecule has 2 aromatic heterocycles. The van der Waals surface area contributed by atoms with Crippen molar-refractivity contribution in [2.24, 2.45) is 7.05 Å². The van der Waals surface area contributed by atoms with Crippen molar-refractivity contribution in [1.29, 1.82) is 0 Å². The topological polar surface area (TPSA) is 52.8 Å². The first-order chi connectivity index (χ1) is 16.8. The largest absolute Gasteiger partial charge is 0.476 e. The van der Waals surface area contributed by atoms with Gasteiger partial charge in [0, 0.05) is 7.05 Å². The fourth-order valence-electron chi connectivity index (χ4n) is 4.39. The summed E-state index contributed by atoms with van der Waals surface area (Å²) in [7, 11) is 1.94. The molecular weight excluding hydrogens is 440 g/mol. The predicted octanol–water partition coefficient (Wildman–Crippen LogP) is 8.90. The lowest BCUT2D eigenvalue weighted by Crippen LogP contribution is -2.02. The summed E-state index contributed by atoms with van der Waals surface area (Å²) in [6.07, 6.45) is 25.9. The number of nitrogens with zero attached hydrogens (tertiary/aromatic N) is 4. The van der Waals surface area contributed by atoms with Crippen molar-refractivity contribution in [2.75, 3.05) is 12.4 Å². The van der Waals surface area contributed by atoms with Crippen LogP contribution >= 0.6 is 11.8 Å². The maximum Gasteiger partial charge on any atom is 0.239 e. The molecule has 34 heavy (non-hydrogen) atoms. The van der Waals surface area contributed by atoms with Gasteiger partial charge in [0.1, 0.15) is 16.9 Å². The third-order valence-electron chi connectivity index (χ3n) is 6.51. The summed E-state index contributed by atoms with van der Waals surface area (Å²) in [4.78, 5) is 8.95. The van der Waals surface area contributed by atoms with Crippen molar-refractivity contribution in [3.63, 3.8) is 0 Å². The van der Waals surface area contributed by atoms with Crippen LogP contribution in [-0.2, 0) is 7.05 Å². The summed E-state index contributed by atoms with van der Waals surface area (Å²) in [5.41, 5.74) is 1.72. The van der Waals surface area contributed by atoms with E-state index < -0.39 is 0 Å². The predicted molar refractivity (Wildman–Crippen MR) is 147 cm³/mol. The van der Waals surface area contributed by atoms with Gasteiger partial charge in [-0.25, -0.2) is 14.6 Å². The molecule has 0 saturated carbocycles. The smallest absolute Gasteiger partial charge is 0.239 e. The number of aromatic nitrogens is 4. The van der Waals surface area contributed by atoms with Gasteiger partial charge in [-0.15, -0.1) is 11.8 Å². The summed E-state index contributed by atoms with van der Waals surface area (Å²) in [6.45, 7) is 5.27. The molecule has 0 aliphatic rings. The molecule has 0 atom stereocenters. The van der Waals surface area contributed by atoms with E-state index in [-0.39, 0.29) is 0 Å². The average Bonchev–Trinajstić information content (AvgIpc) is 3.17. The van der Waals surface area contributed by atoms with Gasteiger partial charge in [-0.3, -0.25) is 0 Å². The molecule has 2 rings (SSSR count). The van der Waals surface area contributed by atoms with Gasteiger partial charge in [0.25, 0.3) is 0 Å². The Balaban J connectivity index is 1.55. The van der Waals surface area contributed by atoms with E-state index in [9.17, 15) is 0 Å². The van der Waals surface area contributed by atoms with Gasteiger partial charge >= 0.3 is 0 Å². The van der Waals surface area contributed by atoms with Crippen molar-refractivity contribution in [1.82, 2.24) is 19.7 Å². The molecular formula is C28H50N4OS. The molecule has 194 valence electrons. The number of aryl methyl sites for hydroxylation is 1. The first-order valence-corrected chi connectivity index (χ1v) is 15.2. The van der Waals surface area contributed by atoms with Crippen LogP contribution in [-0.4, -0.2) is 32.1 Å². The summed E-state index contributed by atoms with van der Waals surface area (Å²) in [5, 5.41) is 5.64. The standard InChI is InChI=1S/C28H50N4OS/c1-4-6-8-10-11-12-13-14-15-16-17-18-19-20-22-33-28-26-25(31-32(28)3)27(30-24-29-26)34-23-21-9-7-5-2/h24H,4-23H2,1-3H3. The maximum absolute atomic E-state index is 6.11. The zero-order valence-corrected chi connectivity index (χ0v) is 23.1. The van der Waals surface area contributed by atoms with E-state index in [1.165, 1.54) is 109 Å². The normalized spacial score (nSPS) is 11.5. The number of thioether (sulfide) groups is 1. The second-order valence-electron chi connectivity index (χ2n) is 9.66. The van der Waals surface area contributed by atoms with Crippen molar-refractivity contribution in [3.05, 3.63) is 6.33 Å². The third-order valence-corrected chi connectivity index (χ3v) is 7.57. The highest BCUT2D eigenvalue weighted by molar-refractivity contribution is 7.99. The molecule has 5 nitrogen and oxygen atoms in total. The van der Waals surface area contributed by atoms with Crippen molar-refractivity contribution in [3.8, 4) is 5.88 Å². The van der Waals surface area contributed by atoms with E-state index in [1.807, 2.05) is 11.7 Å². The molecule has 0 unspecified atom stereocenters. The van der Waals surface area contributed by atoms with Gasteiger partial charge < -0.3 is 4.74 Å². The summed E-state index contributed by atoms with van der Waals surface area (Å²) in [6, 6.07) is 0. The molecule has 0 fully saturated rings. The monoisotopic (exact) mass is 490 g/mol. The highest BCUT2D eigenvalue weighted by atomic mass is 32.2. The molecule has 0 bridgehead atoms. The number of ether oxygens (including phenoxy) is 1. The first kappa shape index (κ1) is 28.9. The van der Waals surface area contributed by atoms with E-state index in [1.54, 1.807) is 18.1 Å². The van der Waals surface area contributed by atoms with Crippen LogP contribution in [0.3, 0.4) is 0 Å². The lowest BCUT2D eigenvalue weighted by molar-refractivity contribution is 0.282. The van der Waals surface area contributed by atoms with E-state index in [0.717, 1.165) is 40.7 Å². The third kappa shape index (κ3) is 11.4. The van der Waals surface area contributed by atoms with E-state index in [2.05, 4.69) is 28.9 Å². The van der Waals surface area contributed by atoms with Gasteiger partial charge in [-0.1, -0.05) is 117 Å². The van der Waals surface area contributed by atoms with Crippen LogP contribution in [0.2, 0.25) is 0 Å². The van der Waals surface area contributed by atoms with E-state index in [0.29, 0.717) is 0 Å². The molecule has 0 saturated heterocycles. The van der Waals surface area contributed by atoms with Crippen LogP contribution in [0, 0.1) is 0 Å². The number of hydrogen-bond acceptors (Lipinski definition) is 5. The number of unbranched alkanes of at least 4 members (excludes halogenated alkanes) is 16. The first-order valence-electron chi connectivity index (χ1n) is 14.2. The van der Waals surface area contributed by atoms with Crippen molar-refractivity contribution >= 4 is 22.8 Å². The lowest BCUT2D eigenvalue weighted by atomic mass is 10.0. The van der Waals surface area contributed by atoms with Gasteiger partial charge in [0.15, 0.2) is 5.52 Å². The second kappa shape index (κ2) is 19.0. The van der Waals surface area contributed by atoms with Crippen LogP contribution in [0.15, 0.2) is 11.4 Å². The van der Waals surface area contributed by atoms with Crippen LogP contribution in [0.1, 0.15) is 129 Å². The minimum Gasteiger partial charge on any atom is -0.476 e. The Hall–Kier alpha value is -1.30. The van der Waals surface area contributed by atoms with Crippen LogP contribution in [0.4, 0.5) is 0 Å². The molecule has 0 aromatic carbocycles. The minimum absolute atomic E-state index is 0.732. The van der Waals surface area contributed by atoms with Gasteiger partial charge in [0.05, 0.1) is 6.61 Å². The highest BCUT2D eigenvalue weighted by Gasteiger charge is 2.16. The van der Waals surface area contributed by atoms with Crippen molar-refractivity contribution < 1.29 is 4.74 Å². The number of fused-ring (bicyclic) bond motifs is 1. The average molecular weight is 491 g/mol. The Labute approximate surface area is 213 Å². The summed E-state index contributed by atoms with van der Waals surface area (Å²) < 4.78 is 7.93. The van der Waals surface area contributed by atoms with Gasteiger partial charge in [-0.2, -0.15) is 5.10 Å². The summed E-state index contributed by atoms with van der Waals surface area (Å²) >= 11 is 1.79. The fraction of sp³-hybridized carbons (Fsp3) is 0.821. The Morgan fingerprint density at radius 3 is 1.79 bits per heavy atom. The van der Waals surface area contributed by atoms with Crippen LogP contribution < -0.4 is 4.74 Å².